The van der Waals surface area contributed by atoms with Gasteiger partial charge in [-0.2, -0.15) is 0 Å². The van der Waals surface area contributed by atoms with E-state index in [9.17, 15) is 10.4 Å². The lowest BCUT2D eigenvalue weighted by Gasteiger charge is -2.21. The molecule has 20 heavy (non-hydrogen) atoms. The van der Waals surface area contributed by atoms with Gasteiger partial charge >= 0.3 is 0 Å². The van der Waals surface area contributed by atoms with E-state index in [1.165, 1.54) is 0 Å². The minimum atomic E-state index is 0.516. The first-order valence-electron chi connectivity index (χ1n) is 7.95. The zero-order valence-electron chi connectivity index (χ0n) is 11.1. The maximum atomic E-state index is 9.41. The van der Waals surface area contributed by atoms with E-state index < -0.39 is 0 Å². The van der Waals surface area contributed by atoms with Crippen molar-refractivity contribution in [2.24, 2.45) is 69.5 Å². The lowest BCUT2D eigenvalue weighted by Crippen LogP contribution is -2.23. The molecule has 0 heterocycles. The highest BCUT2D eigenvalue weighted by Gasteiger charge is 2.76. The van der Waals surface area contributed by atoms with Crippen molar-refractivity contribution in [3.63, 3.8) is 0 Å². The molecule has 0 radical (unpaired) electrons. The highest BCUT2D eigenvalue weighted by molar-refractivity contribution is 5.94. The Balaban J connectivity index is 1.60. The summed E-state index contributed by atoms with van der Waals surface area (Å²) in [6, 6.07) is 0. The standard InChI is InChI=1S/C16H18N2O2/c19-17-9-3-7-8-4-10(18-20)13-6-2-1-5-11(6)16(15(8)13)14(7)12(5)9/h1-2,5-8,11-16,19-20H,3-4H2/b17-9-,18-10-/t5-,6+,7+,8-,11?,12-,13-,14-,15+,16?/m0/s1. The lowest BCUT2D eigenvalue weighted by molar-refractivity contribution is 0.304. The number of nitrogens with zero attached hydrogens (tertiary/aromatic N) is 2. The van der Waals surface area contributed by atoms with E-state index in [2.05, 4.69) is 22.5 Å². The first-order chi connectivity index (χ1) is 9.85. The van der Waals surface area contributed by atoms with Crippen molar-refractivity contribution < 1.29 is 10.4 Å². The number of oxime groups is 2. The quantitative estimate of drug-likeness (QED) is 0.403. The molecule has 0 amide bonds. The summed E-state index contributed by atoms with van der Waals surface area (Å²) in [6.07, 6.45) is 6.75. The molecule has 0 spiro atoms. The van der Waals surface area contributed by atoms with Crippen LogP contribution in [0.3, 0.4) is 0 Å². The summed E-state index contributed by atoms with van der Waals surface area (Å²) >= 11 is 0. The average Bonchev–Trinajstić information content (AvgIpc) is 3.18. The van der Waals surface area contributed by atoms with Crippen LogP contribution >= 0.6 is 0 Å². The molecule has 5 fully saturated rings. The molecule has 4 nitrogen and oxygen atoms in total. The summed E-state index contributed by atoms with van der Waals surface area (Å²) in [6.45, 7) is 0. The van der Waals surface area contributed by atoms with E-state index in [4.69, 9.17) is 0 Å². The first kappa shape index (κ1) is 10.4. The molecule has 0 saturated heterocycles. The van der Waals surface area contributed by atoms with Gasteiger partial charge in [0.1, 0.15) is 0 Å². The molecule has 5 saturated carbocycles. The van der Waals surface area contributed by atoms with E-state index in [0.29, 0.717) is 35.5 Å². The van der Waals surface area contributed by atoms with Gasteiger partial charge in [-0.15, -0.1) is 0 Å². The Labute approximate surface area is 117 Å². The SMILES string of the molecule is O/N=C1/C[C@H]2[C@H]3C/C(=N/O)[C@H]4[C@H]3C3C5[C@@H](C=C[C@@H]54)[C@@H]1[C@H]32. The molecule has 0 aromatic rings. The van der Waals surface area contributed by atoms with E-state index >= 15 is 0 Å². The molecule has 0 aromatic heterocycles. The summed E-state index contributed by atoms with van der Waals surface area (Å²) in [5, 5.41) is 26.2. The molecule has 0 aliphatic heterocycles. The van der Waals surface area contributed by atoms with Gasteiger partial charge in [-0.05, 0) is 60.2 Å². The molecule has 6 aliphatic carbocycles. The fourth-order valence-electron chi connectivity index (χ4n) is 7.87. The van der Waals surface area contributed by atoms with Crippen molar-refractivity contribution in [3.8, 4) is 0 Å². The summed E-state index contributed by atoms with van der Waals surface area (Å²) < 4.78 is 0. The van der Waals surface area contributed by atoms with Crippen LogP contribution in [0.1, 0.15) is 12.8 Å². The first-order valence-corrected chi connectivity index (χ1v) is 7.95. The second-order valence-corrected chi connectivity index (χ2v) is 7.82. The molecule has 0 bridgehead atoms. The van der Waals surface area contributed by atoms with Crippen LogP contribution in [0.5, 0.6) is 0 Å². The Morgan fingerprint density at radius 3 is 1.70 bits per heavy atom. The van der Waals surface area contributed by atoms with Gasteiger partial charge in [-0.3, -0.25) is 0 Å². The molecule has 0 aromatic carbocycles. The maximum absolute atomic E-state index is 9.41. The van der Waals surface area contributed by atoms with Crippen molar-refractivity contribution in [1.82, 2.24) is 0 Å². The Bertz CT molecular complexity index is 560. The minimum absolute atomic E-state index is 0.516. The van der Waals surface area contributed by atoms with Gasteiger partial charge in [0, 0.05) is 11.8 Å². The molecule has 6 rings (SSSR count). The van der Waals surface area contributed by atoms with Crippen LogP contribution in [0, 0.1) is 59.2 Å². The Morgan fingerprint density at radius 2 is 1.25 bits per heavy atom. The number of hydrogen-bond acceptors (Lipinski definition) is 4. The smallest absolute Gasteiger partial charge is 0.0613 e. The third-order valence-corrected chi connectivity index (χ3v) is 7.89. The van der Waals surface area contributed by atoms with Crippen LogP contribution in [0.4, 0.5) is 0 Å². The Hall–Kier alpha value is -1.32. The molecule has 2 unspecified atom stereocenters. The topological polar surface area (TPSA) is 65.2 Å². The Kier molecular flexibility index (Phi) is 1.55. The molecular formula is C16H18N2O2. The number of rotatable bonds is 0. The van der Waals surface area contributed by atoms with Gasteiger partial charge in [0.15, 0.2) is 0 Å². The summed E-state index contributed by atoms with van der Waals surface area (Å²) in [5.74, 6) is 6.63. The van der Waals surface area contributed by atoms with E-state index in [-0.39, 0.29) is 0 Å². The van der Waals surface area contributed by atoms with Crippen molar-refractivity contribution in [3.05, 3.63) is 12.2 Å². The largest absolute Gasteiger partial charge is 0.411 e. The van der Waals surface area contributed by atoms with Crippen LogP contribution in [0.15, 0.2) is 22.5 Å². The van der Waals surface area contributed by atoms with Gasteiger partial charge in [0.05, 0.1) is 11.4 Å². The van der Waals surface area contributed by atoms with Crippen molar-refractivity contribution >= 4 is 11.4 Å². The minimum Gasteiger partial charge on any atom is -0.411 e. The van der Waals surface area contributed by atoms with Crippen molar-refractivity contribution in [2.75, 3.05) is 0 Å². The molecule has 10 atom stereocenters. The number of fused-ring (bicyclic) bond motifs is 3. The zero-order chi connectivity index (χ0) is 13.2. The normalized spacial score (nSPS) is 67.0. The van der Waals surface area contributed by atoms with E-state index in [1.807, 2.05) is 0 Å². The second kappa shape index (κ2) is 2.97. The average molecular weight is 270 g/mol. The van der Waals surface area contributed by atoms with Crippen LogP contribution < -0.4 is 0 Å². The molecule has 104 valence electrons. The van der Waals surface area contributed by atoms with Gasteiger partial charge < -0.3 is 10.4 Å². The summed E-state index contributed by atoms with van der Waals surface area (Å²) in [5.41, 5.74) is 2.13. The molecule has 2 N–H and O–H groups in total. The fraction of sp³-hybridized carbons (Fsp3) is 0.750. The van der Waals surface area contributed by atoms with Gasteiger partial charge in [0.2, 0.25) is 0 Å². The van der Waals surface area contributed by atoms with Gasteiger partial charge in [-0.1, -0.05) is 22.5 Å². The summed E-state index contributed by atoms with van der Waals surface area (Å²) in [7, 11) is 0. The maximum Gasteiger partial charge on any atom is 0.0613 e. The molecule has 4 heteroatoms. The van der Waals surface area contributed by atoms with Gasteiger partial charge in [-0.25, -0.2) is 0 Å². The monoisotopic (exact) mass is 270 g/mol. The second-order valence-electron chi connectivity index (χ2n) is 7.82. The summed E-state index contributed by atoms with van der Waals surface area (Å²) in [4.78, 5) is 0. The highest BCUT2D eigenvalue weighted by atomic mass is 16.4. The number of allylic oxidation sites excluding steroid dienone is 2. The van der Waals surface area contributed by atoms with Crippen molar-refractivity contribution in [2.45, 2.75) is 12.8 Å². The predicted molar refractivity (Wildman–Crippen MR) is 71.7 cm³/mol. The molecule has 6 aliphatic rings. The van der Waals surface area contributed by atoms with E-state index in [0.717, 1.165) is 47.9 Å². The third-order valence-electron chi connectivity index (χ3n) is 7.89. The molecular weight excluding hydrogens is 252 g/mol. The fourth-order valence-corrected chi connectivity index (χ4v) is 7.87. The Morgan fingerprint density at radius 1 is 0.750 bits per heavy atom. The van der Waals surface area contributed by atoms with Crippen LogP contribution in [0.2, 0.25) is 0 Å². The van der Waals surface area contributed by atoms with Crippen LogP contribution in [0.25, 0.3) is 0 Å². The van der Waals surface area contributed by atoms with Crippen LogP contribution in [-0.2, 0) is 0 Å². The van der Waals surface area contributed by atoms with E-state index in [1.54, 1.807) is 0 Å². The van der Waals surface area contributed by atoms with Crippen molar-refractivity contribution in [1.29, 1.82) is 0 Å². The zero-order valence-corrected chi connectivity index (χ0v) is 11.1. The lowest BCUT2D eigenvalue weighted by atomic mass is 9.83. The predicted octanol–water partition coefficient (Wildman–Crippen LogP) is 2.23. The number of hydrogen-bond donors (Lipinski definition) is 2. The third kappa shape index (κ3) is 0.798. The van der Waals surface area contributed by atoms with Gasteiger partial charge in [0.25, 0.3) is 0 Å². The highest BCUT2D eigenvalue weighted by Crippen LogP contribution is 2.77. The van der Waals surface area contributed by atoms with Crippen LogP contribution in [-0.4, -0.2) is 21.8 Å².